The number of nitrogens with zero attached hydrogens (tertiary/aromatic N) is 3. The Bertz CT molecular complexity index is 1310. The van der Waals surface area contributed by atoms with Gasteiger partial charge in [-0.2, -0.15) is 5.26 Å². The molecule has 0 spiro atoms. The summed E-state index contributed by atoms with van der Waals surface area (Å²) in [5.41, 5.74) is 23.9. The molecule has 8 nitrogen and oxygen atoms in total. The van der Waals surface area contributed by atoms with E-state index in [0.29, 0.717) is 37.1 Å². The lowest BCUT2D eigenvalue weighted by molar-refractivity contribution is 0.1000. The summed E-state index contributed by atoms with van der Waals surface area (Å²) in [6.45, 7) is 11.8. The van der Waals surface area contributed by atoms with E-state index in [2.05, 4.69) is 36.0 Å². The highest BCUT2D eigenvalue weighted by atomic mass is 16.1. The van der Waals surface area contributed by atoms with Gasteiger partial charge in [0.1, 0.15) is 11.9 Å². The zero-order valence-corrected chi connectivity index (χ0v) is 23.0. The van der Waals surface area contributed by atoms with Gasteiger partial charge in [-0.05, 0) is 92.1 Å². The van der Waals surface area contributed by atoms with Gasteiger partial charge in [0, 0.05) is 36.1 Å². The number of nitriles is 1. The van der Waals surface area contributed by atoms with E-state index < -0.39 is 11.3 Å². The summed E-state index contributed by atoms with van der Waals surface area (Å²) in [5.74, 6) is -0.444. The molecule has 0 bridgehead atoms. The number of amidine groups is 1. The number of likely N-dealkylation sites (N-methyl/N-ethyl adjacent to an activating group) is 1. The molecule has 1 aliphatic carbocycles. The van der Waals surface area contributed by atoms with Gasteiger partial charge in [-0.1, -0.05) is 31.4 Å². The van der Waals surface area contributed by atoms with Crippen LogP contribution in [-0.2, 0) is 18.3 Å². The van der Waals surface area contributed by atoms with Crippen molar-refractivity contribution in [3.05, 3.63) is 88.6 Å². The number of aryl methyl sites for hydroxylation is 2. The summed E-state index contributed by atoms with van der Waals surface area (Å²) in [6, 6.07) is 13.7. The third kappa shape index (κ3) is 5.15. The van der Waals surface area contributed by atoms with Crippen molar-refractivity contribution >= 4 is 17.4 Å². The van der Waals surface area contributed by atoms with Crippen LogP contribution in [0, 0.1) is 16.7 Å². The molecule has 1 fully saturated rings. The quantitative estimate of drug-likeness (QED) is 0.292. The van der Waals surface area contributed by atoms with Crippen LogP contribution >= 0.6 is 0 Å². The Morgan fingerprint density at radius 1 is 1.15 bits per heavy atom. The second-order valence-electron chi connectivity index (χ2n) is 11.0. The van der Waals surface area contributed by atoms with Gasteiger partial charge in [0.25, 0.3) is 0 Å². The number of rotatable bonds is 9. The second-order valence-corrected chi connectivity index (χ2v) is 11.0. The Balaban J connectivity index is 1.77. The Labute approximate surface area is 231 Å². The van der Waals surface area contributed by atoms with Gasteiger partial charge in [-0.25, -0.2) is 0 Å². The molecule has 2 aromatic rings. The maximum atomic E-state index is 12.0. The molecule has 39 heavy (non-hydrogen) atoms. The van der Waals surface area contributed by atoms with Gasteiger partial charge in [0.15, 0.2) is 0 Å². The highest BCUT2D eigenvalue weighted by molar-refractivity contribution is 5.96. The predicted molar refractivity (Wildman–Crippen MR) is 156 cm³/mol. The first kappa shape index (κ1) is 27.9. The molecule has 1 aliphatic heterocycles. The molecule has 3 atom stereocenters. The minimum atomic E-state index is -0.927. The molecule has 1 heterocycles. The van der Waals surface area contributed by atoms with E-state index in [1.165, 1.54) is 0 Å². The van der Waals surface area contributed by atoms with Gasteiger partial charge < -0.3 is 22.1 Å². The number of carbonyl (C=O) groups excluding carboxylic acids is 1. The third-order valence-corrected chi connectivity index (χ3v) is 8.50. The highest BCUT2D eigenvalue weighted by Gasteiger charge is 2.44. The van der Waals surface area contributed by atoms with Crippen LogP contribution in [-0.4, -0.2) is 53.8 Å². The van der Waals surface area contributed by atoms with Crippen molar-refractivity contribution in [2.24, 2.45) is 17.2 Å². The van der Waals surface area contributed by atoms with E-state index in [9.17, 15) is 10.1 Å². The monoisotopic (exact) mass is 525 g/mol. The predicted octanol–water partition coefficient (Wildman–Crippen LogP) is 3.25. The average Bonchev–Trinajstić information content (AvgIpc) is 3.34. The number of nitrogens with two attached hydrogens (primary N) is 3. The molecule has 0 radical (unpaired) electrons. The first-order valence-corrected chi connectivity index (χ1v) is 13.4. The number of benzene rings is 2. The van der Waals surface area contributed by atoms with Crippen molar-refractivity contribution in [2.75, 3.05) is 20.1 Å². The minimum Gasteiger partial charge on any atom is -0.399 e. The number of primary amides is 1. The van der Waals surface area contributed by atoms with Crippen LogP contribution in [0.1, 0.15) is 64.4 Å². The number of nitrogens with one attached hydrogen (secondary N) is 1. The minimum absolute atomic E-state index is 0.00689. The van der Waals surface area contributed by atoms with E-state index >= 15 is 0 Å². The lowest BCUT2D eigenvalue weighted by Crippen LogP contribution is -2.48. The SMILES string of the molecule is C=C(N)c1ccc2c(c1)CCc1cc(C(N)=O)ccc1C2(C[C@@H](C)N(C)CC(=C)N1CCCC1C#N)C(=N)N. The first-order valence-electron chi connectivity index (χ1n) is 13.4. The van der Waals surface area contributed by atoms with Crippen LogP contribution in [0.2, 0.25) is 0 Å². The number of fused-ring (bicyclic) bond motifs is 2. The van der Waals surface area contributed by atoms with Crippen LogP contribution in [0.15, 0.2) is 55.3 Å². The lowest BCUT2D eigenvalue weighted by Gasteiger charge is -2.40. The number of hydrogen-bond donors (Lipinski definition) is 4. The van der Waals surface area contributed by atoms with Gasteiger partial charge in [-0.3, -0.25) is 15.1 Å². The van der Waals surface area contributed by atoms with Gasteiger partial charge >= 0.3 is 0 Å². The molecule has 1 amide bonds. The van der Waals surface area contributed by atoms with Crippen LogP contribution in [0.25, 0.3) is 5.70 Å². The maximum absolute atomic E-state index is 12.0. The Morgan fingerprint density at radius 2 is 1.74 bits per heavy atom. The van der Waals surface area contributed by atoms with Gasteiger partial charge in [-0.15, -0.1) is 0 Å². The average molecular weight is 526 g/mol. The van der Waals surface area contributed by atoms with Crippen LogP contribution in [0.3, 0.4) is 0 Å². The molecule has 1 saturated heterocycles. The summed E-state index contributed by atoms with van der Waals surface area (Å²) < 4.78 is 0. The van der Waals surface area contributed by atoms with E-state index in [4.69, 9.17) is 22.6 Å². The molecule has 2 aliphatic rings. The van der Waals surface area contributed by atoms with Crippen LogP contribution in [0.5, 0.6) is 0 Å². The summed E-state index contributed by atoms with van der Waals surface area (Å²) in [6.07, 6.45) is 3.76. The number of amides is 1. The number of carbonyl (C=O) groups is 1. The number of hydrogen-bond acceptors (Lipinski definition) is 6. The fourth-order valence-electron chi connectivity index (χ4n) is 6.23. The van der Waals surface area contributed by atoms with E-state index in [1.807, 2.05) is 37.4 Å². The molecule has 2 unspecified atom stereocenters. The van der Waals surface area contributed by atoms with E-state index in [1.54, 1.807) is 6.07 Å². The second kappa shape index (κ2) is 11.0. The summed E-state index contributed by atoms with van der Waals surface area (Å²) >= 11 is 0. The smallest absolute Gasteiger partial charge is 0.248 e. The lowest BCUT2D eigenvalue weighted by atomic mass is 9.67. The Hall–Kier alpha value is -4.09. The zero-order chi connectivity index (χ0) is 28.5. The molecular weight excluding hydrogens is 486 g/mol. The van der Waals surface area contributed by atoms with Crippen molar-refractivity contribution in [1.29, 1.82) is 10.7 Å². The van der Waals surface area contributed by atoms with Crippen molar-refractivity contribution in [1.82, 2.24) is 9.80 Å². The third-order valence-electron chi connectivity index (χ3n) is 8.50. The fourth-order valence-corrected chi connectivity index (χ4v) is 6.23. The zero-order valence-electron chi connectivity index (χ0n) is 23.0. The number of likely N-dealkylation sites (tertiary alicyclic amines) is 1. The largest absolute Gasteiger partial charge is 0.399 e. The Kier molecular flexibility index (Phi) is 7.84. The summed E-state index contributed by atoms with van der Waals surface area (Å²) in [5, 5.41) is 18.5. The van der Waals surface area contributed by atoms with Crippen molar-refractivity contribution in [3.63, 3.8) is 0 Å². The van der Waals surface area contributed by atoms with Gasteiger partial charge in [0.2, 0.25) is 5.91 Å². The summed E-state index contributed by atoms with van der Waals surface area (Å²) in [7, 11) is 2.04. The molecule has 2 aromatic carbocycles. The van der Waals surface area contributed by atoms with Crippen LogP contribution in [0.4, 0.5) is 0 Å². The molecular formula is C31H39N7O. The molecule has 4 rings (SSSR count). The fraction of sp³-hybridized carbons (Fsp3) is 0.387. The molecule has 204 valence electrons. The van der Waals surface area contributed by atoms with Crippen LogP contribution < -0.4 is 17.2 Å². The van der Waals surface area contributed by atoms with Crippen molar-refractivity contribution in [2.45, 2.75) is 56.5 Å². The van der Waals surface area contributed by atoms with E-state index in [-0.39, 0.29) is 17.9 Å². The molecule has 7 N–H and O–H groups in total. The van der Waals surface area contributed by atoms with Crippen molar-refractivity contribution < 1.29 is 4.79 Å². The van der Waals surface area contributed by atoms with Crippen molar-refractivity contribution in [3.8, 4) is 6.07 Å². The summed E-state index contributed by atoms with van der Waals surface area (Å²) in [4.78, 5) is 16.3. The molecule has 0 aromatic heterocycles. The standard InChI is InChI=1S/C31H39N7O/c1-19(37(4)18-20(2)38-13-5-6-26(38)17-32)16-31(30(35)36)27-11-9-22(21(3)33)14-23(27)7-8-24-15-25(29(34)39)10-12-28(24)31/h9-12,14-15,19,26H,2-3,5-8,13,16,18,33H2,1,4H3,(H2,34,39)(H3,35,36)/t19-,26?,31?/m1/s1. The maximum Gasteiger partial charge on any atom is 0.248 e. The first-order chi connectivity index (χ1) is 18.5. The molecule has 8 heteroatoms. The van der Waals surface area contributed by atoms with Gasteiger partial charge in [0.05, 0.1) is 11.5 Å². The topological polar surface area (TPSA) is 149 Å². The normalized spacial score (nSPS) is 20.9. The highest BCUT2D eigenvalue weighted by Crippen LogP contribution is 2.44. The van der Waals surface area contributed by atoms with E-state index in [0.717, 1.165) is 52.9 Å². The Morgan fingerprint density at radius 3 is 2.28 bits per heavy atom. The molecule has 0 saturated carbocycles.